The zero-order valence-electron chi connectivity index (χ0n) is 41.7. The molecule has 6 N–H and O–H groups in total. The summed E-state index contributed by atoms with van der Waals surface area (Å²) in [6, 6.07) is 29.8. The topological polar surface area (TPSA) is 212 Å². The highest BCUT2D eigenvalue weighted by molar-refractivity contribution is 6.03. The van der Waals surface area contributed by atoms with Gasteiger partial charge in [-0.25, -0.2) is 9.97 Å². The van der Waals surface area contributed by atoms with Gasteiger partial charge in [0.2, 0.25) is 0 Å². The molecule has 0 aliphatic carbocycles. The van der Waals surface area contributed by atoms with Crippen LogP contribution in [0.2, 0.25) is 0 Å². The van der Waals surface area contributed by atoms with Crippen LogP contribution in [0.15, 0.2) is 97.1 Å². The number of aromatic nitrogens is 4. The minimum Gasteiger partial charge on any atom is -0.505 e. The number of hydrogen-bond acceptors (Lipinski definition) is 14. The highest BCUT2D eigenvalue weighted by Gasteiger charge is 2.28. The van der Waals surface area contributed by atoms with Gasteiger partial charge in [-0.2, -0.15) is 0 Å². The van der Waals surface area contributed by atoms with E-state index in [1.165, 1.54) is 0 Å². The Hall–Kier alpha value is -8.02. The maximum absolute atomic E-state index is 11.9. The van der Waals surface area contributed by atoms with Gasteiger partial charge < -0.3 is 68.3 Å². The maximum Gasteiger partial charge on any atom is 0.146 e. The third-order valence-electron chi connectivity index (χ3n) is 13.2. The van der Waals surface area contributed by atoms with Crippen LogP contribution in [0.3, 0.4) is 0 Å². The number of nitrogens with one attached hydrogen (secondary N) is 2. The fourth-order valence-corrected chi connectivity index (χ4v) is 9.36. The molecule has 11 rings (SSSR count). The van der Waals surface area contributed by atoms with Crippen molar-refractivity contribution in [3.63, 3.8) is 0 Å². The SMILES string of the molecule is CC1=C(O)c2cc3[nH]c(c(C)c3O)c3c4nc(cc5[nH]c(c(C)c5O)c(c1n2)-c1ccccc1OCCOCCOCCOc1cccc2c(cccc12)OCCOCCOCCOc1ccccc1-3)C(O)=C4C. The van der Waals surface area contributed by atoms with Crippen LogP contribution in [0, 0.1) is 13.8 Å². The molecule has 4 aromatic carbocycles. The number of hydrogen-bond donors (Lipinski definition) is 6. The number of aromatic hydroxyl groups is 2. The van der Waals surface area contributed by atoms with Gasteiger partial charge in [-0.15, -0.1) is 0 Å². The number of aromatic amines is 2. The summed E-state index contributed by atoms with van der Waals surface area (Å²) in [6.07, 6.45) is 0. The Balaban J connectivity index is 1.06. The molecular weight excluding hydrogens is 945 g/mol. The van der Waals surface area contributed by atoms with Crippen molar-refractivity contribution in [2.75, 3.05) is 79.3 Å². The van der Waals surface area contributed by atoms with Crippen LogP contribution in [0.4, 0.5) is 0 Å². The molecule has 0 unspecified atom stereocenters. The first-order valence-electron chi connectivity index (χ1n) is 24.6. The monoisotopic (exact) mass is 1000 g/mol. The van der Waals surface area contributed by atoms with Gasteiger partial charge >= 0.3 is 0 Å². The van der Waals surface area contributed by atoms with Crippen molar-refractivity contribution in [2.45, 2.75) is 27.7 Å². The average Bonchev–Trinajstić information content (AvgIpc) is 4.05. The number of allylic oxidation sites excluding steroid dienone is 2. The van der Waals surface area contributed by atoms with E-state index in [2.05, 4.69) is 9.97 Å². The van der Waals surface area contributed by atoms with E-state index < -0.39 is 0 Å². The lowest BCUT2D eigenvalue weighted by Crippen LogP contribution is -2.14. The minimum atomic E-state index is -0.106. The van der Waals surface area contributed by atoms with Gasteiger partial charge in [0.25, 0.3) is 0 Å². The van der Waals surface area contributed by atoms with Crippen LogP contribution in [-0.2, 0) is 18.9 Å². The average molecular weight is 1000 g/mol. The molecule has 74 heavy (non-hydrogen) atoms. The van der Waals surface area contributed by atoms with Gasteiger partial charge in [0, 0.05) is 55.3 Å². The predicted molar refractivity (Wildman–Crippen MR) is 284 cm³/mol. The number of aliphatic hydroxyl groups is 2. The molecule has 14 bridgehead atoms. The molecule has 0 amide bonds. The van der Waals surface area contributed by atoms with Gasteiger partial charge in [-0.3, -0.25) is 0 Å². The molecule has 0 spiro atoms. The molecule has 0 saturated heterocycles. The number of benzene rings is 4. The Kier molecular flexibility index (Phi) is 14.7. The molecular formula is C58H58N4O12. The normalized spacial score (nSPS) is 15.8. The van der Waals surface area contributed by atoms with Crippen molar-refractivity contribution in [3.8, 4) is 56.8 Å². The van der Waals surface area contributed by atoms with Crippen molar-refractivity contribution in [1.29, 1.82) is 0 Å². The lowest BCUT2D eigenvalue weighted by atomic mass is 9.98. The largest absolute Gasteiger partial charge is 0.505 e. The second-order valence-electron chi connectivity index (χ2n) is 17.9. The molecule has 16 nitrogen and oxygen atoms in total. The quantitative estimate of drug-likeness (QED) is 0.0781. The molecule has 0 fully saturated rings. The van der Waals surface area contributed by atoms with Gasteiger partial charge in [-0.1, -0.05) is 60.7 Å². The van der Waals surface area contributed by atoms with E-state index in [4.69, 9.17) is 47.9 Å². The first kappa shape index (κ1) is 49.6. The Morgan fingerprint density at radius 1 is 0.405 bits per heavy atom. The second kappa shape index (κ2) is 22.0. The number of nitrogens with zero attached hydrogens (tertiary/aromatic N) is 2. The summed E-state index contributed by atoms with van der Waals surface area (Å²) in [5, 5.41) is 49.4. The van der Waals surface area contributed by atoms with E-state index in [1.54, 1.807) is 39.8 Å². The Bertz CT molecular complexity index is 3260. The molecule has 382 valence electrons. The van der Waals surface area contributed by atoms with Crippen LogP contribution in [0.25, 0.3) is 77.8 Å². The number of fused-ring (bicyclic) bond motifs is 18. The predicted octanol–water partition coefficient (Wildman–Crippen LogP) is 11.0. The molecule has 4 aliphatic rings. The standard InChI is InChI=1S/C58H58N4O12/c1-33-51-49-39-11-5-7-15-47(39)73-29-25-69-21-19-67-23-27-71-45-17-9-14-38-37(45)13-10-18-46(38)72-28-24-68-20-22-70-26-30-74-48-16-8-6-12-40(48)50(53-35(3)57(65)42(61-53)31-41(59-51)55(33)63)54-36(4)58(66)44(62-54)32-43-56(64)34(2)52(49)60-43/h5-18,31-32,59,62-66H,19-30H2,1-4H3. The van der Waals surface area contributed by atoms with Gasteiger partial charge in [0.15, 0.2) is 0 Å². The molecule has 0 radical (unpaired) electrons. The third-order valence-corrected chi connectivity index (χ3v) is 13.2. The summed E-state index contributed by atoms with van der Waals surface area (Å²) < 4.78 is 48.6. The fraction of sp³-hybridized carbons (Fsp3) is 0.276. The summed E-state index contributed by atoms with van der Waals surface area (Å²) in [5.74, 6) is 2.09. The second-order valence-corrected chi connectivity index (χ2v) is 17.9. The summed E-state index contributed by atoms with van der Waals surface area (Å²) in [4.78, 5) is 16.9. The molecule has 16 heteroatoms. The fourth-order valence-electron chi connectivity index (χ4n) is 9.36. The van der Waals surface area contributed by atoms with E-state index in [-0.39, 0.29) is 71.9 Å². The Labute approximate surface area is 427 Å². The first-order chi connectivity index (χ1) is 36.1. The van der Waals surface area contributed by atoms with Crippen molar-refractivity contribution >= 4 is 55.5 Å². The number of para-hydroxylation sites is 2. The van der Waals surface area contributed by atoms with E-state index >= 15 is 0 Å². The molecule has 0 saturated carbocycles. The van der Waals surface area contributed by atoms with Gasteiger partial charge in [0.05, 0.1) is 86.3 Å². The summed E-state index contributed by atoms with van der Waals surface area (Å²) >= 11 is 0. The minimum absolute atomic E-state index is 0.0781. The molecule has 7 heterocycles. The molecule has 0 atom stereocenters. The molecule has 4 aliphatic heterocycles. The van der Waals surface area contributed by atoms with Crippen molar-refractivity contribution in [3.05, 3.63) is 131 Å². The summed E-state index contributed by atoms with van der Waals surface area (Å²) in [6.45, 7) is 10.7. The van der Waals surface area contributed by atoms with E-state index in [0.717, 1.165) is 22.3 Å². The molecule has 7 aromatic rings. The van der Waals surface area contributed by atoms with E-state index in [1.807, 2.05) is 84.9 Å². The van der Waals surface area contributed by atoms with Crippen LogP contribution >= 0.6 is 0 Å². The number of H-pyrrole nitrogens is 2. The number of ether oxygens (including phenoxy) is 8. The highest BCUT2D eigenvalue weighted by Crippen LogP contribution is 2.46. The van der Waals surface area contributed by atoms with E-state index in [9.17, 15) is 20.4 Å². The Morgan fingerprint density at radius 3 is 1.14 bits per heavy atom. The maximum atomic E-state index is 11.9. The van der Waals surface area contributed by atoms with Crippen LogP contribution in [-0.4, -0.2) is 120 Å². The number of aliphatic hydroxyl groups excluding tert-OH is 2. The zero-order chi connectivity index (χ0) is 51.3. The smallest absolute Gasteiger partial charge is 0.146 e. The first-order valence-corrected chi connectivity index (χ1v) is 24.6. The van der Waals surface area contributed by atoms with Crippen LogP contribution in [0.1, 0.15) is 47.8 Å². The lowest BCUT2D eigenvalue weighted by Gasteiger charge is -2.14. The highest BCUT2D eigenvalue weighted by atomic mass is 16.6. The number of rotatable bonds is 0. The number of aryl methyl sites for hydroxylation is 2. The van der Waals surface area contributed by atoms with Crippen molar-refractivity contribution < 1.29 is 58.3 Å². The molecule has 3 aromatic heterocycles. The summed E-state index contributed by atoms with van der Waals surface area (Å²) in [5.41, 5.74) is 6.78. The van der Waals surface area contributed by atoms with Crippen molar-refractivity contribution in [1.82, 2.24) is 19.9 Å². The summed E-state index contributed by atoms with van der Waals surface area (Å²) in [7, 11) is 0. The Morgan fingerprint density at radius 2 is 0.743 bits per heavy atom. The van der Waals surface area contributed by atoms with Crippen molar-refractivity contribution in [2.24, 2.45) is 0 Å². The van der Waals surface area contributed by atoms with E-state index in [0.29, 0.717) is 131 Å². The van der Waals surface area contributed by atoms with Gasteiger partial charge in [-0.05, 0) is 64.1 Å². The lowest BCUT2D eigenvalue weighted by molar-refractivity contribution is 0.0274. The van der Waals surface area contributed by atoms with Crippen LogP contribution < -0.4 is 18.9 Å². The third kappa shape index (κ3) is 9.92. The van der Waals surface area contributed by atoms with Crippen LogP contribution in [0.5, 0.6) is 34.5 Å². The zero-order valence-corrected chi connectivity index (χ0v) is 41.7. The van der Waals surface area contributed by atoms with Gasteiger partial charge in [0.1, 0.15) is 83.8 Å².